The van der Waals surface area contributed by atoms with E-state index in [0.29, 0.717) is 44.6 Å². The first-order valence-electron chi connectivity index (χ1n) is 18.6. The van der Waals surface area contributed by atoms with Gasteiger partial charge < -0.3 is 25.0 Å². The number of cyclic esters (lactones) is 1. The number of carbonyl (C=O) groups excluding carboxylic acids is 4. The van der Waals surface area contributed by atoms with Crippen molar-refractivity contribution in [2.24, 2.45) is 17.3 Å². The van der Waals surface area contributed by atoms with Crippen molar-refractivity contribution in [1.82, 2.24) is 30.2 Å². The van der Waals surface area contributed by atoms with Gasteiger partial charge in [0.15, 0.2) is 5.69 Å². The van der Waals surface area contributed by atoms with E-state index in [9.17, 15) is 27.6 Å². The predicted octanol–water partition coefficient (Wildman–Crippen LogP) is 3.38. The Morgan fingerprint density at radius 3 is 2.48 bits per heavy atom. The maximum absolute atomic E-state index is 16.2. The van der Waals surface area contributed by atoms with Gasteiger partial charge in [0.05, 0.1) is 28.7 Å². The highest BCUT2D eigenvalue weighted by atomic mass is 32.2. The van der Waals surface area contributed by atoms with Crippen LogP contribution in [0.3, 0.4) is 0 Å². The first kappa shape index (κ1) is 36.3. The fourth-order valence-electron chi connectivity index (χ4n) is 7.53. The van der Waals surface area contributed by atoms with Gasteiger partial charge in [-0.1, -0.05) is 43.2 Å². The number of allylic oxidation sites excluding steroid dienone is 2. The molecule has 4 heterocycles. The van der Waals surface area contributed by atoms with Crippen molar-refractivity contribution in [3.8, 4) is 5.88 Å². The van der Waals surface area contributed by atoms with Crippen LogP contribution < -0.4 is 20.1 Å². The second-order valence-corrected chi connectivity index (χ2v) is 17.4. The number of carbonyl (C=O) groups is 4. The predicted molar refractivity (Wildman–Crippen MR) is 188 cm³/mol. The summed E-state index contributed by atoms with van der Waals surface area (Å²) in [6, 6.07) is 5.41. The number of alkyl carbamates (subject to hydrolysis) is 1. The van der Waals surface area contributed by atoms with E-state index in [-0.39, 0.29) is 43.6 Å². The Kier molecular flexibility index (Phi) is 9.12. The highest BCUT2D eigenvalue weighted by Gasteiger charge is 2.62. The number of ether oxygens (including phenoxy) is 2. The van der Waals surface area contributed by atoms with Crippen LogP contribution >= 0.6 is 0 Å². The molecule has 3 saturated carbocycles. The van der Waals surface area contributed by atoms with Crippen LogP contribution in [-0.4, -0.2) is 89.7 Å². The number of nitrogens with zero attached hydrogens (tertiary/aromatic N) is 3. The lowest BCUT2D eigenvalue weighted by Gasteiger charge is -2.25. The zero-order valence-corrected chi connectivity index (χ0v) is 30.3. The quantitative estimate of drug-likeness (QED) is 0.391. The summed E-state index contributed by atoms with van der Waals surface area (Å²) >= 11 is 0. The molecule has 3 aliphatic carbocycles. The molecule has 3 aliphatic heterocycles. The van der Waals surface area contributed by atoms with Crippen LogP contribution in [0.25, 0.3) is 11.0 Å². The number of hydrogen-bond donors (Lipinski definition) is 3. The molecule has 2 aromatic rings. The van der Waals surface area contributed by atoms with Gasteiger partial charge in [-0.15, -0.1) is 0 Å². The average Bonchev–Trinajstić information content (AvgIpc) is 4.06. The number of aromatic nitrogens is 2. The van der Waals surface area contributed by atoms with Gasteiger partial charge in [0, 0.05) is 17.9 Å². The number of sulfonamides is 1. The van der Waals surface area contributed by atoms with E-state index >= 15 is 8.78 Å². The molecule has 288 valence electrons. The Bertz CT molecular complexity index is 2050. The molecule has 4 fully saturated rings. The number of nitrogens with one attached hydrogen (secondary N) is 3. The molecule has 1 aromatic carbocycles. The molecule has 54 heavy (non-hydrogen) atoms. The molecule has 1 aromatic heterocycles. The van der Waals surface area contributed by atoms with Crippen LogP contribution in [0.5, 0.6) is 5.88 Å². The Labute approximate surface area is 310 Å². The first-order valence-corrected chi connectivity index (χ1v) is 20.1. The maximum atomic E-state index is 16.2. The fraction of sp³-hybridized carbons (Fsp3) is 0.568. The summed E-state index contributed by atoms with van der Waals surface area (Å²) in [4.78, 5) is 65.4. The topological polar surface area (TPSA) is 186 Å². The molecule has 1 saturated heterocycles. The molecule has 0 radical (unpaired) electrons. The van der Waals surface area contributed by atoms with Crippen molar-refractivity contribution in [2.75, 3.05) is 19.7 Å². The highest BCUT2D eigenvalue weighted by molar-refractivity contribution is 7.91. The van der Waals surface area contributed by atoms with Crippen LogP contribution in [0.15, 0.2) is 48.6 Å². The van der Waals surface area contributed by atoms with Crippen molar-refractivity contribution >= 4 is 44.9 Å². The number of alkyl halides is 2. The van der Waals surface area contributed by atoms with Gasteiger partial charge in [0.1, 0.15) is 24.3 Å². The number of benzene rings is 1. The van der Waals surface area contributed by atoms with Crippen molar-refractivity contribution in [3.05, 3.63) is 54.3 Å². The van der Waals surface area contributed by atoms with Gasteiger partial charge in [-0.2, -0.15) is 8.78 Å². The minimum absolute atomic E-state index is 0.136. The van der Waals surface area contributed by atoms with E-state index in [1.807, 2.05) is 6.08 Å². The summed E-state index contributed by atoms with van der Waals surface area (Å²) < 4.78 is 72.0. The number of amides is 4. The van der Waals surface area contributed by atoms with E-state index in [1.165, 1.54) is 17.0 Å². The smallest absolute Gasteiger partial charge is 0.407 e. The standard InChI is InChI=1S/C37H42F2N6O8S/c38-37(39)17-16-35(14-15-35)21-52-34(49)42-27-11-5-3-1-2-4-8-22-18-36(22,33(48)44-54(50,51)23-12-13-23)43-30(46)24-19-45(32(27)47)20-28(24)53-31-29(37)40-25-9-6-7-10-26(25)41-31/h4,6-10,16-17,22-24,27-28H,1-3,5,11-15,18-21H2,(H,42,49)(H,43,46)(H,44,48)/b8-4+,17-16?/t22-,24?,27+,28+,36+/m1/s1. The summed E-state index contributed by atoms with van der Waals surface area (Å²) in [6.45, 7) is -0.671. The Balaban J connectivity index is 1.19. The van der Waals surface area contributed by atoms with Crippen molar-refractivity contribution in [2.45, 2.75) is 93.1 Å². The molecule has 8 rings (SSSR count). The number of halogens is 2. The highest BCUT2D eigenvalue weighted by Crippen LogP contribution is 2.49. The van der Waals surface area contributed by atoms with Crippen molar-refractivity contribution < 1.29 is 45.9 Å². The molecular weight excluding hydrogens is 727 g/mol. The lowest BCUT2D eigenvalue weighted by Crippen LogP contribution is -2.55. The average molecular weight is 769 g/mol. The molecule has 1 unspecified atom stereocenters. The molecular formula is C37H42F2N6O8S. The maximum Gasteiger partial charge on any atom is 0.407 e. The lowest BCUT2D eigenvalue weighted by molar-refractivity contribution is -0.134. The molecule has 3 N–H and O–H groups in total. The van der Waals surface area contributed by atoms with E-state index in [1.54, 1.807) is 24.3 Å². The fourth-order valence-corrected chi connectivity index (χ4v) is 8.89. The van der Waals surface area contributed by atoms with Gasteiger partial charge in [0.2, 0.25) is 27.7 Å². The van der Waals surface area contributed by atoms with Crippen LogP contribution in [0.1, 0.15) is 69.9 Å². The second-order valence-electron chi connectivity index (χ2n) is 15.5. The van der Waals surface area contributed by atoms with Crippen LogP contribution in [-0.2, 0) is 35.1 Å². The number of rotatable bonds is 3. The monoisotopic (exact) mass is 768 g/mol. The Hall–Kier alpha value is -4.67. The summed E-state index contributed by atoms with van der Waals surface area (Å²) in [6.07, 6.45) is 8.58. The van der Waals surface area contributed by atoms with E-state index in [0.717, 1.165) is 12.8 Å². The van der Waals surface area contributed by atoms with Crippen molar-refractivity contribution in [1.29, 1.82) is 0 Å². The van der Waals surface area contributed by atoms with Gasteiger partial charge in [0.25, 0.3) is 5.91 Å². The Morgan fingerprint density at radius 2 is 1.74 bits per heavy atom. The minimum Gasteiger partial charge on any atom is -0.470 e. The summed E-state index contributed by atoms with van der Waals surface area (Å²) in [7, 11) is -3.95. The number of hydrogen-bond acceptors (Lipinski definition) is 10. The Morgan fingerprint density at radius 1 is 0.981 bits per heavy atom. The van der Waals surface area contributed by atoms with E-state index in [2.05, 4.69) is 25.3 Å². The third-order valence-corrected chi connectivity index (χ3v) is 13.2. The van der Waals surface area contributed by atoms with E-state index < -0.39 is 91.5 Å². The molecule has 4 amide bonds. The van der Waals surface area contributed by atoms with E-state index in [4.69, 9.17) is 9.47 Å². The van der Waals surface area contributed by atoms with Gasteiger partial charge in [-0.3, -0.25) is 19.1 Å². The van der Waals surface area contributed by atoms with Crippen LogP contribution in [0.4, 0.5) is 13.6 Å². The normalized spacial score (nSPS) is 31.4. The van der Waals surface area contributed by atoms with Gasteiger partial charge in [-0.25, -0.2) is 23.2 Å². The van der Waals surface area contributed by atoms with Crippen LogP contribution in [0, 0.1) is 17.3 Å². The van der Waals surface area contributed by atoms with Gasteiger partial charge >= 0.3 is 12.0 Å². The zero-order valence-electron chi connectivity index (χ0n) is 29.5. The van der Waals surface area contributed by atoms with Gasteiger partial charge in [-0.05, 0) is 69.6 Å². The minimum atomic E-state index is -3.95. The third-order valence-electron chi connectivity index (χ3n) is 11.3. The second kappa shape index (κ2) is 13.6. The molecule has 14 nitrogen and oxygen atoms in total. The molecule has 1 spiro atoms. The largest absolute Gasteiger partial charge is 0.470 e. The lowest BCUT2D eigenvalue weighted by atomic mass is 10.0. The third kappa shape index (κ3) is 7.26. The first-order chi connectivity index (χ1) is 25.8. The molecule has 17 heteroatoms. The zero-order chi connectivity index (χ0) is 37.9. The molecule has 5 atom stereocenters. The summed E-state index contributed by atoms with van der Waals surface area (Å²) in [5.74, 6) is -8.09. The summed E-state index contributed by atoms with van der Waals surface area (Å²) in [5, 5.41) is 4.79. The van der Waals surface area contributed by atoms with Crippen LogP contribution in [0.2, 0.25) is 0 Å². The summed E-state index contributed by atoms with van der Waals surface area (Å²) in [5.41, 5.74) is -2.76. The number of para-hydroxylation sites is 2. The molecule has 4 bridgehead atoms. The SMILES string of the molecule is O=C1N[C@H]2CCCCC/C=C/[C@@H]3C[C@]3(C(=O)NS(=O)(=O)C3CC3)NC(=O)C3CN(C[C@@H]3Oc3nc4ccccc4nc3C(F)(F)C=CC3(CC3)CO1)C2=O. The van der Waals surface area contributed by atoms with Crippen molar-refractivity contribution in [3.63, 3.8) is 0 Å². The number of fused-ring (bicyclic) bond motifs is 7. The molecule has 6 aliphatic rings.